The maximum Gasteiger partial charge on any atom is 0.417 e. The fourth-order valence-corrected chi connectivity index (χ4v) is 1.96. The highest BCUT2D eigenvalue weighted by Gasteiger charge is 2.36. The molecule has 0 spiro atoms. The van der Waals surface area contributed by atoms with Gasteiger partial charge in [-0.25, -0.2) is 0 Å². The van der Waals surface area contributed by atoms with E-state index in [0.717, 1.165) is 6.07 Å². The molecule has 0 radical (unpaired) electrons. The Morgan fingerprint density at radius 1 is 1.38 bits per heavy atom. The van der Waals surface area contributed by atoms with Crippen LogP contribution in [0.2, 0.25) is 5.02 Å². The lowest BCUT2D eigenvalue weighted by Gasteiger charge is -2.24. The normalized spacial score (nSPS) is 20.2. The molecule has 1 heterocycles. The van der Waals surface area contributed by atoms with Crippen molar-refractivity contribution < 1.29 is 23.0 Å². The predicted octanol–water partition coefficient (Wildman–Crippen LogP) is 3.17. The van der Waals surface area contributed by atoms with Crippen LogP contribution >= 0.6 is 11.6 Å². The van der Waals surface area contributed by atoms with Gasteiger partial charge in [0, 0.05) is 12.0 Å². The van der Waals surface area contributed by atoms with Crippen molar-refractivity contribution in [1.29, 1.82) is 0 Å². The van der Waals surface area contributed by atoms with Gasteiger partial charge in [0.2, 0.25) is 0 Å². The van der Waals surface area contributed by atoms with Crippen molar-refractivity contribution in [2.24, 2.45) is 0 Å². The number of fused-ring (bicyclic) bond motifs is 1. The van der Waals surface area contributed by atoms with E-state index in [1.807, 2.05) is 0 Å². The Labute approximate surface area is 94.6 Å². The molecule has 1 N–H and O–H groups in total. The molecule has 0 bridgehead atoms. The molecule has 0 fully saturated rings. The molecule has 1 aromatic rings. The SMILES string of the molecule is OC1CCOc2c1ccc(C(F)(F)F)c2Cl. The first kappa shape index (κ1) is 11.5. The molecule has 6 heteroatoms. The number of rotatable bonds is 0. The van der Waals surface area contributed by atoms with E-state index in [-0.39, 0.29) is 12.4 Å². The molecular formula is C10H8ClF3O2. The van der Waals surface area contributed by atoms with E-state index < -0.39 is 22.9 Å². The van der Waals surface area contributed by atoms with Crippen LogP contribution in [0.1, 0.15) is 23.7 Å². The highest BCUT2D eigenvalue weighted by molar-refractivity contribution is 6.33. The average Bonchev–Trinajstić information content (AvgIpc) is 2.18. The van der Waals surface area contributed by atoms with Crippen molar-refractivity contribution in [3.8, 4) is 5.75 Å². The summed E-state index contributed by atoms with van der Waals surface area (Å²) in [6.45, 7) is 0.162. The van der Waals surface area contributed by atoms with Gasteiger partial charge in [0.15, 0.2) is 0 Å². The van der Waals surface area contributed by atoms with Crippen LogP contribution < -0.4 is 4.74 Å². The third kappa shape index (κ3) is 1.85. The molecule has 16 heavy (non-hydrogen) atoms. The Kier molecular flexibility index (Phi) is 2.75. The van der Waals surface area contributed by atoms with Crippen molar-refractivity contribution in [3.63, 3.8) is 0 Å². The standard InChI is InChI=1S/C10H8ClF3O2/c11-8-6(10(12,13)14)2-1-5-7(15)3-4-16-9(5)8/h1-2,7,15H,3-4H2. The number of hydrogen-bond acceptors (Lipinski definition) is 2. The predicted molar refractivity (Wildman–Crippen MR) is 51.5 cm³/mol. The summed E-state index contributed by atoms with van der Waals surface area (Å²) in [5.41, 5.74) is -0.633. The summed E-state index contributed by atoms with van der Waals surface area (Å²) in [5.74, 6) is -0.0600. The van der Waals surface area contributed by atoms with Crippen molar-refractivity contribution in [2.75, 3.05) is 6.61 Å². The van der Waals surface area contributed by atoms with Crippen LogP contribution in [0, 0.1) is 0 Å². The molecule has 1 aliphatic heterocycles. The first-order chi connectivity index (χ1) is 7.41. The number of aliphatic hydroxyl groups is 1. The largest absolute Gasteiger partial charge is 0.492 e. The van der Waals surface area contributed by atoms with Gasteiger partial charge < -0.3 is 9.84 Å². The summed E-state index contributed by atoms with van der Waals surface area (Å²) in [4.78, 5) is 0. The minimum Gasteiger partial charge on any atom is -0.492 e. The molecule has 2 rings (SSSR count). The summed E-state index contributed by atoms with van der Waals surface area (Å²) in [7, 11) is 0. The van der Waals surface area contributed by atoms with Crippen LogP contribution in [0.25, 0.3) is 0 Å². The second-order valence-electron chi connectivity index (χ2n) is 3.50. The van der Waals surface area contributed by atoms with Crippen LogP contribution in [0.3, 0.4) is 0 Å². The molecule has 0 aliphatic carbocycles. The van der Waals surface area contributed by atoms with Gasteiger partial charge >= 0.3 is 6.18 Å². The molecule has 2 nitrogen and oxygen atoms in total. The number of benzene rings is 1. The third-order valence-corrected chi connectivity index (χ3v) is 2.80. The summed E-state index contributed by atoms with van der Waals surface area (Å²) in [5, 5.41) is 9.08. The van der Waals surface area contributed by atoms with Crippen molar-refractivity contribution >= 4 is 11.6 Å². The quantitative estimate of drug-likeness (QED) is 0.768. The van der Waals surface area contributed by atoms with Crippen molar-refractivity contribution in [1.82, 2.24) is 0 Å². The zero-order valence-electron chi connectivity index (χ0n) is 8.01. The van der Waals surface area contributed by atoms with Gasteiger partial charge in [-0.2, -0.15) is 13.2 Å². The Bertz CT molecular complexity index is 417. The van der Waals surface area contributed by atoms with E-state index in [4.69, 9.17) is 16.3 Å². The van der Waals surface area contributed by atoms with Gasteiger partial charge in [0.1, 0.15) is 5.75 Å². The highest BCUT2D eigenvalue weighted by Crippen LogP contribution is 2.44. The van der Waals surface area contributed by atoms with Gasteiger partial charge in [-0.15, -0.1) is 0 Å². The molecular weight excluding hydrogens is 245 g/mol. The van der Waals surface area contributed by atoms with Crippen LogP contribution in [0.4, 0.5) is 13.2 Å². The fraction of sp³-hybridized carbons (Fsp3) is 0.400. The van der Waals surface area contributed by atoms with E-state index >= 15 is 0 Å². The van der Waals surface area contributed by atoms with Gasteiger partial charge in [-0.05, 0) is 6.07 Å². The molecule has 1 unspecified atom stereocenters. The minimum absolute atomic E-state index is 0.0600. The number of alkyl halides is 3. The van der Waals surface area contributed by atoms with E-state index in [2.05, 4.69) is 0 Å². The topological polar surface area (TPSA) is 29.5 Å². The van der Waals surface area contributed by atoms with Crippen molar-refractivity contribution in [2.45, 2.75) is 18.7 Å². The smallest absolute Gasteiger partial charge is 0.417 e. The Balaban J connectivity index is 2.55. The highest BCUT2D eigenvalue weighted by atomic mass is 35.5. The summed E-state index contributed by atoms with van der Waals surface area (Å²) in [6, 6.07) is 2.06. The summed E-state index contributed by atoms with van der Waals surface area (Å²) >= 11 is 5.62. The second kappa shape index (κ2) is 3.82. The first-order valence-electron chi connectivity index (χ1n) is 4.61. The van der Waals surface area contributed by atoms with Crippen LogP contribution in [0.5, 0.6) is 5.75 Å². The lowest BCUT2D eigenvalue weighted by atomic mass is 10.0. The van der Waals surface area contributed by atoms with Gasteiger partial charge in [-0.1, -0.05) is 17.7 Å². The molecule has 88 valence electrons. The number of hydrogen-bond donors (Lipinski definition) is 1. The molecule has 0 amide bonds. The molecule has 0 saturated heterocycles. The number of ether oxygens (including phenoxy) is 1. The molecule has 0 saturated carbocycles. The molecule has 1 aromatic carbocycles. The average molecular weight is 253 g/mol. The Hall–Kier alpha value is -0.940. The Morgan fingerprint density at radius 3 is 2.69 bits per heavy atom. The van der Waals surface area contributed by atoms with E-state index in [1.54, 1.807) is 0 Å². The lowest BCUT2D eigenvalue weighted by molar-refractivity contribution is -0.137. The maximum absolute atomic E-state index is 12.5. The Morgan fingerprint density at radius 2 is 2.06 bits per heavy atom. The molecule has 1 atom stereocenters. The summed E-state index contributed by atoms with van der Waals surface area (Å²) in [6.07, 6.45) is -4.98. The first-order valence-corrected chi connectivity index (χ1v) is 4.99. The lowest BCUT2D eigenvalue weighted by Crippen LogP contribution is -2.16. The van der Waals surface area contributed by atoms with Gasteiger partial charge in [0.25, 0.3) is 0 Å². The van der Waals surface area contributed by atoms with E-state index in [1.165, 1.54) is 6.07 Å². The minimum atomic E-state index is -4.52. The summed E-state index contributed by atoms with van der Waals surface area (Å²) < 4.78 is 42.6. The van der Waals surface area contributed by atoms with E-state index in [0.29, 0.717) is 12.0 Å². The van der Waals surface area contributed by atoms with Crippen molar-refractivity contribution in [3.05, 3.63) is 28.3 Å². The van der Waals surface area contributed by atoms with Gasteiger partial charge in [0.05, 0.1) is 23.3 Å². The van der Waals surface area contributed by atoms with Crippen LogP contribution in [-0.4, -0.2) is 11.7 Å². The monoisotopic (exact) mass is 252 g/mol. The van der Waals surface area contributed by atoms with Crippen LogP contribution in [-0.2, 0) is 6.18 Å². The second-order valence-corrected chi connectivity index (χ2v) is 3.87. The number of halogens is 4. The third-order valence-electron chi connectivity index (χ3n) is 2.43. The van der Waals surface area contributed by atoms with Gasteiger partial charge in [-0.3, -0.25) is 0 Å². The zero-order valence-corrected chi connectivity index (χ0v) is 8.77. The molecule has 0 aromatic heterocycles. The molecule has 1 aliphatic rings. The zero-order chi connectivity index (χ0) is 11.9. The van der Waals surface area contributed by atoms with Crippen LogP contribution in [0.15, 0.2) is 12.1 Å². The fourth-order valence-electron chi connectivity index (χ4n) is 1.63. The van der Waals surface area contributed by atoms with E-state index in [9.17, 15) is 18.3 Å². The number of aliphatic hydroxyl groups excluding tert-OH is 1. The maximum atomic E-state index is 12.5.